The van der Waals surface area contributed by atoms with Gasteiger partial charge < -0.3 is 10.4 Å². The number of aliphatic carboxylic acids is 1. The van der Waals surface area contributed by atoms with E-state index in [4.69, 9.17) is 5.11 Å². The molecule has 2 N–H and O–H groups in total. The predicted octanol–water partition coefficient (Wildman–Crippen LogP) is 1.25. The molecule has 1 aliphatic heterocycles. The average Bonchev–Trinajstić information content (AvgIpc) is 2.46. The molecule has 1 atom stereocenters. The minimum atomic E-state index is -1.01. The van der Waals surface area contributed by atoms with E-state index >= 15 is 0 Å². The highest BCUT2D eigenvalue weighted by atomic mass is 16.4. The number of para-hydroxylation sites is 1. The number of carboxylic acid groups (broad SMARTS) is 1. The van der Waals surface area contributed by atoms with E-state index in [0.29, 0.717) is 5.69 Å². The van der Waals surface area contributed by atoms with E-state index in [-0.39, 0.29) is 18.5 Å². The minimum Gasteiger partial charge on any atom is -0.480 e. The van der Waals surface area contributed by atoms with E-state index in [1.54, 1.807) is 24.3 Å². The van der Waals surface area contributed by atoms with Crippen LogP contribution in [0.4, 0.5) is 5.69 Å². The molecule has 1 heterocycles. The van der Waals surface area contributed by atoms with Crippen molar-refractivity contribution in [3.8, 4) is 0 Å². The summed E-state index contributed by atoms with van der Waals surface area (Å²) < 4.78 is 0. The van der Waals surface area contributed by atoms with Gasteiger partial charge in [0, 0.05) is 5.69 Å². The van der Waals surface area contributed by atoms with Gasteiger partial charge >= 0.3 is 5.97 Å². The number of piperidine rings is 1. The Morgan fingerprint density at radius 1 is 1.26 bits per heavy atom. The summed E-state index contributed by atoms with van der Waals surface area (Å²) in [5.41, 5.74) is 0.627. The van der Waals surface area contributed by atoms with Gasteiger partial charge in [0.15, 0.2) is 0 Å². The third kappa shape index (κ3) is 3.54. The fourth-order valence-electron chi connectivity index (χ4n) is 2.29. The molecular formula is C14H18N2O3. The van der Waals surface area contributed by atoms with Gasteiger partial charge in [0.25, 0.3) is 0 Å². The van der Waals surface area contributed by atoms with E-state index in [2.05, 4.69) is 5.32 Å². The number of amides is 1. The van der Waals surface area contributed by atoms with E-state index < -0.39 is 5.97 Å². The molecule has 1 fully saturated rings. The first-order valence-electron chi connectivity index (χ1n) is 6.50. The summed E-state index contributed by atoms with van der Waals surface area (Å²) in [6.07, 6.45) is 2.83. The minimum absolute atomic E-state index is 0.159. The Morgan fingerprint density at radius 2 is 2.00 bits per heavy atom. The summed E-state index contributed by atoms with van der Waals surface area (Å²) >= 11 is 0. The molecule has 1 aromatic rings. The summed E-state index contributed by atoms with van der Waals surface area (Å²) in [4.78, 5) is 24.7. The largest absolute Gasteiger partial charge is 0.480 e. The third-order valence-corrected chi connectivity index (χ3v) is 3.24. The molecule has 0 unspecified atom stereocenters. The Bertz CT molecular complexity index is 441. The zero-order chi connectivity index (χ0) is 13.7. The molecule has 0 radical (unpaired) electrons. The Kier molecular flexibility index (Phi) is 4.52. The Labute approximate surface area is 112 Å². The van der Waals surface area contributed by atoms with Gasteiger partial charge in [0.2, 0.25) is 5.91 Å². The van der Waals surface area contributed by atoms with Gasteiger partial charge in [-0.2, -0.15) is 0 Å². The van der Waals surface area contributed by atoms with Crippen molar-refractivity contribution in [1.29, 1.82) is 0 Å². The summed E-state index contributed by atoms with van der Waals surface area (Å²) in [6, 6.07) is 8.67. The molecule has 1 amide bonds. The Morgan fingerprint density at radius 3 is 2.58 bits per heavy atom. The molecule has 0 saturated carbocycles. The van der Waals surface area contributed by atoms with Crippen molar-refractivity contribution in [2.75, 3.05) is 18.0 Å². The monoisotopic (exact) mass is 262 g/mol. The molecule has 1 aliphatic rings. The van der Waals surface area contributed by atoms with Crippen LogP contribution in [0, 0.1) is 0 Å². The topological polar surface area (TPSA) is 69.6 Å². The maximum Gasteiger partial charge on any atom is 0.323 e. The maximum absolute atomic E-state index is 12.4. The van der Waals surface area contributed by atoms with Gasteiger partial charge in [0.1, 0.15) is 6.54 Å². The van der Waals surface area contributed by atoms with Crippen LogP contribution in [-0.2, 0) is 9.59 Å². The van der Waals surface area contributed by atoms with Gasteiger partial charge in [0.05, 0.1) is 6.04 Å². The molecule has 5 nitrogen and oxygen atoms in total. The lowest BCUT2D eigenvalue weighted by atomic mass is 10.0. The first kappa shape index (κ1) is 13.5. The van der Waals surface area contributed by atoms with Crippen molar-refractivity contribution in [2.24, 2.45) is 0 Å². The van der Waals surface area contributed by atoms with Crippen LogP contribution in [-0.4, -0.2) is 36.1 Å². The Balaban J connectivity index is 2.17. The summed E-state index contributed by atoms with van der Waals surface area (Å²) in [7, 11) is 0. The molecular weight excluding hydrogens is 244 g/mol. The molecule has 102 valence electrons. The lowest BCUT2D eigenvalue weighted by Gasteiger charge is -2.29. The highest BCUT2D eigenvalue weighted by Crippen LogP contribution is 2.17. The molecule has 1 aromatic carbocycles. The lowest BCUT2D eigenvalue weighted by molar-refractivity contribution is -0.137. The maximum atomic E-state index is 12.4. The zero-order valence-electron chi connectivity index (χ0n) is 10.7. The number of carbonyl (C=O) groups excluding carboxylic acids is 1. The van der Waals surface area contributed by atoms with Crippen LogP contribution >= 0.6 is 0 Å². The second-order valence-corrected chi connectivity index (χ2v) is 4.66. The van der Waals surface area contributed by atoms with E-state index in [1.807, 2.05) is 6.07 Å². The van der Waals surface area contributed by atoms with E-state index in [0.717, 1.165) is 25.8 Å². The van der Waals surface area contributed by atoms with Crippen LogP contribution in [0.25, 0.3) is 0 Å². The second-order valence-electron chi connectivity index (χ2n) is 4.66. The SMILES string of the molecule is O=C(O)CN(C(=O)[C@H]1CCCCN1)c1ccccc1. The molecule has 19 heavy (non-hydrogen) atoms. The fourth-order valence-corrected chi connectivity index (χ4v) is 2.29. The van der Waals surface area contributed by atoms with Gasteiger partial charge in [-0.25, -0.2) is 0 Å². The van der Waals surface area contributed by atoms with Crippen molar-refractivity contribution in [2.45, 2.75) is 25.3 Å². The number of hydrogen-bond donors (Lipinski definition) is 2. The third-order valence-electron chi connectivity index (χ3n) is 3.24. The van der Waals surface area contributed by atoms with Crippen LogP contribution < -0.4 is 10.2 Å². The van der Waals surface area contributed by atoms with Gasteiger partial charge in [-0.1, -0.05) is 24.6 Å². The predicted molar refractivity (Wildman–Crippen MR) is 72.1 cm³/mol. The van der Waals surface area contributed by atoms with Crippen LogP contribution in [0.1, 0.15) is 19.3 Å². The number of nitrogens with zero attached hydrogens (tertiary/aromatic N) is 1. The first-order chi connectivity index (χ1) is 9.18. The van der Waals surface area contributed by atoms with Crippen molar-refractivity contribution < 1.29 is 14.7 Å². The number of carbonyl (C=O) groups is 2. The molecule has 0 spiro atoms. The highest BCUT2D eigenvalue weighted by molar-refractivity contribution is 6.00. The van der Waals surface area contributed by atoms with Crippen LogP contribution in [0.3, 0.4) is 0 Å². The summed E-state index contributed by atoms with van der Waals surface area (Å²) in [6.45, 7) is 0.507. The normalized spacial score (nSPS) is 18.8. The molecule has 1 saturated heterocycles. The number of anilines is 1. The fraction of sp³-hybridized carbons (Fsp3) is 0.429. The molecule has 0 aromatic heterocycles. The standard InChI is InChI=1S/C14H18N2O3/c17-13(18)10-16(11-6-2-1-3-7-11)14(19)12-8-4-5-9-15-12/h1-3,6-7,12,15H,4-5,8-10H2,(H,17,18)/t12-/m1/s1. The van der Waals surface area contributed by atoms with E-state index in [1.165, 1.54) is 4.90 Å². The van der Waals surface area contributed by atoms with Crippen molar-refractivity contribution >= 4 is 17.6 Å². The summed E-state index contributed by atoms with van der Waals surface area (Å²) in [5, 5.41) is 12.1. The smallest absolute Gasteiger partial charge is 0.323 e. The molecule has 5 heteroatoms. The van der Waals surface area contributed by atoms with Crippen molar-refractivity contribution in [1.82, 2.24) is 5.32 Å². The molecule has 0 bridgehead atoms. The summed E-state index contributed by atoms with van der Waals surface area (Å²) in [5.74, 6) is -1.17. The molecule has 0 aliphatic carbocycles. The van der Waals surface area contributed by atoms with Crippen LogP contribution in [0.5, 0.6) is 0 Å². The lowest BCUT2D eigenvalue weighted by Crippen LogP contribution is -2.50. The van der Waals surface area contributed by atoms with Crippen LogP contribution in [0.15, 0.2) is 30.3 Å². The number of benzene rings is 1. The van der Waals surface area contributed by atoms with Gasteiger partial charge in [-0.15, -0.1) is 0 Å². The van der Waals surface area contributed by atoms with Crippen molar-refractivity contribution in [3.05, 3.63) is 30.3 Å². The zero-order valence-corrected chi connectivity index (χ0v) is 10.7. The van der Waals surface area contributed by atoms with Crippen LogP contribution in [0.2, 0.25) is 0 Å². The Hall–Kier alpha value is -1.88. The molecule has 2 rings (SSSR count). The van der Waals surface area contributed by atoms with E-state index in [9.17, 15) is 9.59 Å². The van der Waals surface area contributed by atoms with Gasteiger partial charge in [-0.05, 0) is 31.5 Å². The quantitative estimate of drug-likeness (QED) is 0.856. The van der Waals surface area contributed by atoms with Crippen molar-refractivity contribution in [3.63, 3.8) is 0 Å². The average molecular weight is 262 g/mol. The highest BCUT2D eigenvalue weighted by Gasteiger charge is 2.27. The second kappa shape index (κ2) is 6.33. The number of hydrogen-bond acceptors (Lipinski definition) is 3. The number of nitrogens with one attached hydrogen (secondary N) is 1. The number of carboxylic acids is 1. The number of rotatable bonds is 4. The first-order valence-corrected chi connectivity index (χ1v) is 6.50. The van der Waals surface area contributed by atoms with Gasteiger partial charge in [-0.3, -0.25) is 14.5 Å².